The minimum Gasteiger partial charge on any atom is -0.438 e. The standard InChI is InChI=1S/C28H35N3O4S/c1-20(2)12-15-29-26(21-8-4-3-5-9-21)36-22(19-32)18-25(33)31-16-13-28(14-17-31)23-10-6-7-11-24(23)30-27(34)35-28/h3-11,19-20,22,26,29H,12-18H2,1-2H3,(H,30,34). The Balaban J connectivity index is 1.37. The number of thioether (sulfide) groups is 1. The molecule has 4 rings (SSSR count). The number of likely N-dealkylation sites (tertiary alicyclic amines) is 1. The molecule has 2 aliphatic rings. The van der Waals surface area contributed by atoms with Crippen molar-refractivity contribution in [2.75, 3.05) is 25.0 Å². The largest absolute Gasteiger partial charge is 0.438 e. The number of piperidine rings is 1. The third-order valence-electron chi connectivity index (χ3n) is 6.86. The molecule has 2 unspecified atom stereocenters. The second kappa shape index (κ2) is 11.9. The first-order chi connectivity index (χ1) is 17.4. The molecule has 2 aromatic carbocycles. The number of anilines is 1. The van der Waals surface area contributed by atoms with Crippen molar-refractivity contribution in [2.24, 2.45) is 5.92 Å². The van der Waals surface area contributed by atoms with Crippen LogP contribution in [-0.2, 0) is 19.9 Å². The number of benzene rings is 2. The monoisotopic (exact) mass is 509 g/mol. The molecule has 1 saturated heterocycles. The quantitative estimate of drug-likeness (QED) is 0.343. The molecule has 192 valence electrons. The average Bonchev–Trinajstić information content (AvgIpc) is 2.88. The molecule has 0 bridgehead atoms. The Hall–Kier alpha value is -2.84. The molecule has 2 N–H and O–H groups in total. The summed E-state index contributed by atoms with van der Waals surface area (Å²) in [6, 6.07) is 17.7. The van der Waals surface area contributed by atoms with Gasteiger partial charge in [-0.05, 0) is 30.5 Å². The van der Waals surface area contributed by atoms with Crippen molar-refractivity contribution >= 4 is 35.7 Å². The van der Waals surface area contributed by atoms with Crippen molar-refractivity contribution in [1.29, 1.82) is 0 Å². The van der Waals surface area contributed by atoms with Gasteiger partial charge in [0.15, 0.2) is 0 Å². The van der Waals surface area contributed by atoms with Crippen LogP contribution in [0, 0.1) is 5.92 Å². The molecule has 36 heavy (non-hydrogen) atoms. The van der Waals surface area contributed by atoms with Gasteiger partial charge in [-0.2, -0.15) is 0 Å². The lowest BCUT2D eigenvalue weighted by Crippen LogP contribution is -2.50. The van der Waals surface area contributed by atoms with Crippen LogP contribution in [0.1, 0.15) is 56.0 Å². The van der Waals surface area contributed by atoms with Crippen molar-refractivity contribution < 1.29 is 19.1 Å². The molecule has 0 aliphatic carbocycles. The summed E-state index contributed by atoms with van der Waals surface area (Å²) in [6.07, 6.45) is 2.68. The zero-order valence-electron chi connectivity index (χ0n) is 20.9. The Morgan fingerprint density at radius 2 is 1.83 bits per heavy atom. The van der Waals surface area contributed by atoms with Gasteiger partial charge in [0.05, 0.1) is 16.3 Å². The predicted octanol–water partition coefficient (Wildman–Crippen LogP) is 5.09. The van der Waals surface area contributed by atoms with Crippen LogP contribution in [0.5, 0.6) is 0 Å². The molecule has 0 saturated carbocycles. The zero-order chi connectivity index (χ0) is 25.5. The smallest absolute Gasteiger partial charge is 0.412 e. The summed E-state index contributed by atoms with van der Waals surface area (Å²) in [7, 11) is 0. The Labute approximate surface area is 217 Å². The van der Waals surface area contributed by atoms with E-state index in [0.29, 0.717) is 31.8 Å². The molecule has 2 atom stereocenters. The fourth-order valence-corrected chi connectivity index (χ4v) is 6.01. The molecule has 2 aromatic rings. The number of ether oxygens (including phenoxy) is 1. The first-order valence-corrected chi connectivity index (χ1v) is 13.6. The fourth-order valence-electron chi connectivity index (χ4n) is 4.83. The molecule has 0 aromatic heterocycles. The van der Waals surface area contributed by atoms with E-state index >= 15 is 0 Å². The minimum atomic E-state index is -0.715. The van der Waals surface area contributed by atoms with Crippen molar-refractivity contribution in [3.63, 3.8) is 0 Å². The number of carbonyl (C=O) groups is 3. The first kappa shape index (κ1) is 26.2. The Morgan fingerprint density at radius 1 is 1.14 bits per heavy atom. The number of rotatable bonds is 10. The van der Waals surface area contributed by atoms with Gasteiger partial charge in [-0.3, -0.25) is 10.1 Å². The van der Waals surface area contributed by atoms with Gasteiger partial charge in [-0.25, -0.2) is 4.79 Å². The summed E-state index contributed by atoms with van der Waals surface area (Å²) in [5.41, 5.74) is 2.10. The molecule has 1 fully saturated rings. The predicted molar refractivity (Wildman–Crippen MR) is 143 cm³/mol. The minimum absolute atomic E-state index is 0.0445. The maximum Gasteiger partial charge on any atom is 0.412 e. The molecule has 8 heteroatoms. The summed E-state index contributed by atoms with van der Waals surface area (Å²) < 4.78 is 5.77. The van der Waals surface area contributed by atoms with Crippen LogP contribution < -0.4 is 10.6 Å². The number of amides is 2. The van der Waals surface area contributed by atoms with Gasteiger partial charge in [-0.1, -0.05) is 62.4 Å². The second-order valence-electron chi connectivity index (χ2n) is 9.88. The number of carbonyl (C=O) groups excluding carboxylic acids is 3. The maximum atomic E-state index is 13.2. The summed E-state index contributed by atoms with van der Waals surface area (Å²) in [6.45, 7) is 6.17. The van der Waals surface area contributed by atoms with Gasteiger partial charge < -0.3 is 19.7 Å². The van der Waals surface area contributed by atoms with Crippen LogP contribution in [-0.4, -0.2) is 48.1 Å². The van der Waals surface area contributed by atoms with E-state index < -0.39 is 16.9 Å². The number of fused-ring (bicyclic) bond motifs is 2. The maximum absolute atomic E-state index is 13.2. The zero-order valence-corrected chi connectivity index (χ0v) is 21.8. The van der Waals surface area contributed by atoms with Crippen LogP contribution in [0.3, 0.4) is 0 Å². The molecule has 2 heterocycles. The number of para-hydroxylation sites is 1. The fraction of sp³-hybridized carbons (Fsp3) is 0.464. The van der Waals surface area contributed by atoms with Gasteiger partial charge >= 0.3 is 6.09 Å². The molecular weight excluding hydrogens is 474 g/mol. The van der Waals surface area contributed by atoms with Gasteiger partial charge in [0.1, 0.15) is 11.9 Å². The van der Waals surface area contributed by atoms with Gasteiger partial charge in [0.25, 0.3) is 0 Å². The summed E-state index contributed by atoms with van der Waals surface area (Å²) in [4.78, 5) is 39.2. The number of hydrogen-bond acceptors (Lipinski definition) is 6. The van der Waals surface area contributed by atoms with Crippen LogP contribution in [0.4, 0.5) is 10.5 Å². The van der Waals surface area contributed by atoms with E-state index in [4.69, 9.17) is 4.74 Å². The number of nitrogens with one attached hydrogen (secondary N) is 2. The lowest BCUT2D eigenvalue weighted by molar-refractivity contribution is -0.136. The van der Waals surface area contributed by atoms with Gasteiger partial charge in [-0.15, -0.1) is 11.8 Å². The van der Waals surface area contributed by atoms with Crippen molar-refractivity contribution in [3.8, 4) is 0 Å². The van der Waals surface area contributed by atoms with Crippen molar-refractivity contribution in [2.45, 2.75) is 55.8 Å². The van der Waals surface area contributed by atoms with Crippen LogP contribution in [0.15, 0.2) is 54.6 Å². The summed E-state index contributed by atoms with van der Waals surface area (Å²) in [5.74, 6) is 0.535. The lowest BCUT2D eigenvalue weighted by atomic mass is 9.82. The Morgan fingerprint density at radius 3 is 2.53 bits per heavy atom. The third kappa shape index (κ3) is 6.28. The highest BCUT2D eigenvalue weighted by molar-refractivity contribution is 8.00. The van der Waals surface area contributed by atoms with E-state index in [9.17, 15) is 14.4 Å². The number of hydrogen-bond donors (Lipinski definition) is 2. The Bertz CT molecular complexity index is 1050. The van der Waals surface area contributed by atoms with E-state index in [2.05, 4.69) is 24.5 Å². The Kier molecular flexibility index (Phi) is 8.69. The topological polar surface area (TPSA) is 87.7 Å². The van der Waals surface area contributed by atoms with E-state index in [0.717, 1.165) is 36.1 Å². The van der Waals surface area contributed by atoms with Crippen LogP contribution >= 0.6 is 11.8 Å². The average molecular weight is 510 g/mol. The van der Waals surface area contributed by atoms with Gasteiger partial charge in [0, 0.05) is 37.9 Å². The molecule has 7 nitrogen and oxygen atoms in total. The molecule has 1 spiro atoms. The number of aldehydes is 1. The lowest BCUT2D eigenvalue weighted by Gasteiger charge is -2.44. The summed E-state index contributed by atoms with van der Waals surface area (Å²) in [5, 5.41) is 5.80. The van der Waals surface area contributed by atoms with Crippen LogP contribution in [0.25, 0.3) is 0 Å². The highest BCUT2D eigenvalue weighted by Crippen LogP contribution is 2.43. The van der Waals surface area contributed by atoms with E-state index in [-0.39, 0.29) is 17.7 Å². The number of nitrogens with zero attached hydrogens (tertiary/aromatic N) is 1. The van der Waals surface area contributed by atoms with E-state index in [1.165, 1.54) is 11.8 Å². The van der Waals surface area contributed by atoms with Crippen molar-refractivity contribution in [3.05, 3.63) is 65.7 Å². The van der Waals surface area contributed by atoms with Crippen LogP contribution in [0.2, 0.25) is 0 Å². The molecule has 0 radical (unpaired) electrons. The molecule has 2 amide bonds. The molecular formula is C28H35N3O4S. The third-order valence-corrected chi connectivity index (χ3v) is 8.20. The highest BCUT2D eigenvalue weighted by Gasteiger charge is 2.45. The van der Waals surface area contributed by atoms with Crippen molar-refractivity contribution in [1.82, 2.24) is 10.2 Å². The molecule has 2 aliphatic heterocycles. The first-order valence-electron chi connectivity index (χ1n) is 12.7. The van der Waals surface area contributed by atoms with E-state index in [1.54, 1.807) is 4.90 Å². The van der Waals surface area contributed by atoms with E-state index in [1.807, 2.05) is 54.6 Å². The SMILES string of the molecule is CC(C)CCNC(SC(C=O)CC(=O)N1CCC2(CC1)OC(=O)Nc1ccccc12)c1ccccc1. The highest BCUT2D eigenvalue weighted by atomic mass is 32.2. The normalized spacial score (nSPS) is 18.2. The van der Waals surface area contributed by atoms with Gasteiger partial charge in [0.2, 0.25) is 5.91 Å². The second-order valence-corrected chi connectivity index (χ2v) is 11.2. The summed E-state index contributed by atoms with van der Waals surface area (Å²) >= 11 is 1.50.